The third kappa shape index (κ3) is 4.37. The summed E-state index contributed by atoms with van der Waals surface area (Å²) in [6.07, 6.45) is 1.59. The molecule has 26 heavy (non-hydrogen) atoms. The molecular formula is C21H23N3O2. The van der Waals surface area contributed by atoms with Crippen LogP contribution in [-0.4, -0.2) is 22.3 Å². The van der Waals surface area contributed by atoms with Gasteiger partial charge in [-0.1, -0.05) is 60.7 Å². The van der Waals surface area contributed by atoms with Gasteiger partial charge >= 0.3 is 0 Å². The van der Waals surface area contributed by atoms with E-state index < -0.39 is 0 Å². The Morgan fingerprint density at radius 3 is 2.38 bits per heavy atom. The second kappa shape index (κ2) is 8.45. The highest BCUT2D eigenvalue weighted by atomic mass is 16.5. The molecule has 3 rings (SSSR count). The van der Waals surface area contributed by atoms with Crippen LogP contribution in [0.4, 0.5) is 0 Å². The smallest absolute Gasteiger partial charge is 0.255 e. The summed E-state index contributed by atoms with van der Waals surface area (Å²) in [5.74, 6) is -0.146. The zero-order chi connectivity index (χ0) is 18.4. The maximum absolute atomic E-state index is 12.7. The Morgan fingerprint density at radius 1 is 1.12 bits per heavy atom. The summed E-state index contributed by atoms with van der Waals surface area (Å²) in [5.41, 5.74) is 3.53. The number of benzene rings is 2. The van der Waals surface area contributed by atoms with E-state index in [1.54, 1.807) is 10.9 Å². The van der Waals surface area contributed by atoms with Crippen molar-refractivity contribution < 1.29 is 9.53 Å². The third-order valence-electron chi connectivity index (χ3n) is 4.38. The SMILES string of the molecule is Cc1c(C(=O)N[C@H](COCc2ccccc2)c2ccccc2)cnn1C. The molecule has 0 fully saturated rings. The van der Waals surface area contributed by atoms with Gasteiger partial charge in [-0.05, 0) is 18.1 Å². The van der Waals surface area contributed by atoms with Gasteiger partial charge in [0.1, 0.15) is 0 Å². The lowest BCUT2D eigenvalue weighted by molar-refractivity contribution is 0.0796. The molecular weight excluding hydrogens is 326 g/mol. The van der Waals surface area contributed by atoms with Crippen molar-refractivity contribution >= 4 is 5.91 Å². The van der Waals surface area contributed by atoms with Crippen molar-refractivity contribution in [1.29, 1.82) is 0 Å². The summed E-state index contributed by atoms with van der Waals surface area (Å²) in [6.45, 7) is 2.78. The van der Waals surface area contributed by atoms with E-state index in [-0.39, 0.29) is 11.9 Å². The van der Waals surface area contributed by atoms with E-state index in [0.717, 1.165) is 16.8 Å². The van der Waals surface area contributed by atoms with Gasteiger partial charge in [-0.3, -0.25) is 9.48 Å². The summed E-state index contributed by atoms with van der Waals surface area (Å²) in [5, 5.41) is 7.22. The largest absolute Gasteiger partial charge is 0.374 e. The lowest BCUT2D eigenvalue weighted by Crippen LogP contribution is -2.31. The first kappa shape index (κ1) is 17.9. The van der Waals surface area contributed by atoms with Crippen LogP contribution in [0.2, 0.25) is 0 Å². The number of aromatic nitrogens is 2. The lowest BCUT2D eigenvalue weighted by Gasteiger charge is -2.19. The summed E-state index contributed by atoms with van der Waals surface area (Å²) < 4.78 is 7.57. The number of hydrogen-bond acceptors (Lipinski definition) is 3. The summed E-state index contributed by atoms with van der Waals surface area (Å²) >= 11 is 0. The molecule has 0 spiro atoms. The molecule has 5 heteroatoms. The highest BCUT2D eigenvalue weighted by molar-refractivity contribution is 5.95. The monoisotopic (exact) mass is 349 g/mol. The van der Waals surface area contributed by atoms with Crippen LogP contribution in [0.15, 0.2) is 66.9 Å². The topological polar surface area (TPSA) is 56.1 Å². The lowest BCUT2D eigenvalue weighted by atomic mass is 10.1. The van der Waals surface area contributed by atoms with E-state index in [4.69, 9.17) is 4.74 Å². The fourth-order valence-corrected chi connectivity index (χ4v) is 2.73. The molecule has 3 aromatic rings. The Morgan fingerprint density at radius 2 is 1.77 bits per heavy atom. The molecule has 0 unspecified atom stereocenters. The van der Waals surface area contributed by atoms with Crippen LogP contribution in [0, 0.1) is 6.92 Å². The van der Waals surface area contributed by atoms with Gasteiger partial charge in [0, 0.05) is 12.7 Å². The third-order valence-corrected chi connectivity index (χ3v) is 4.38. The minimum atomic E-state index is -0.230. The number of nitrogens with one attached hydrogen (secondary N) is 1. The molecule has 0 saturated heterocycles. The molecule has 1 N–H and O–H groups in total. The number of carbonyl (C=O) groups excluding carboxylic acids is 1. The molecule has 0 saturated carbocycles. The zero-order valence-corrected chi connectivity index (χ0v) is 15.1. The van der Waals surface area contributed by atoms with Gasteiger partial charge in [0.05, 0.1) is 31.0 Å². The van der Waals surface area contributed by atoms with E-state index in [1.807, 2.05) is 74.6 Å². The highest BCUT2D eigenvalue weighted by Crippen LogP contribution is 2.16. The highest BCUT2D eigenvalue weighted by Gasteiger charge is 2.19. The number of carbonyl (C=O) groups is 1. The van der Waals surface area contributed by atoms with Crippen LogP contribution in [0.5, 0.6) is 0 Å². The fraction of sp³-hybridized carbons (Fsp3) is 0.238. The van der Waals surface area contributed by atoms with Crippen LogP contribution in [0.1, 0.15) is 33.2 Å². The number of amides is 1. The molecule has 2 aromatic carbocycles. The van der Waals surface area contributed by atoms with E-state index in [9.17, 15) is 4.79 Å². The Balaban J connectivity index is 1.69. The predicted molar refractivity (Wildman–Crippen MR) is 101 cm³/mol. The predicted octanol–water partition coefficient (Wildman–Crippen LogP) is 3.42. The molecule has 1 amide bonds. The Hall–Kier alpha value is -2.92. The molecule has 0 bridgehead atoms. The summed E-state index contributed by atoms with van der Waals surface area (Å²) in [6, 6.07) is 19.6. The number of hydrogen-bond donors (Lipinski definition) is 1. The van der Waals surface area contributed by atoms with Gasteiger partial charge < -0.3 is 10.1 Å². The molecule has 1 aromatic heterocycles. The molecule has 0 aliphatic carbocycles. The first-order chi connectivity index (χ1) is 12.6. The van der Waals surface area contributed by atoms with E-state index in [1.165, 1.54) is 0 Å². The molecule has 1 atom stereocenters. The van der Waals surface area contributed by atoms with Crippen molar-refractivity contribution in [1.82, 2.24) is 15.1 Å². The average molecular weight is 349 g/mol. The molecule has 0 radical (unpaired) electrons. The first-order valence-corrected chi connectivity index (χ1v) is 8.61. The Labute approximate surface area is 153 Å². The minimum Gasteiger partial charge on any atom is -0.374 e. The maximum atomic E-state index is 12.7. The van der Waals surface area contributed by atoms with Gasteiger partial charge in [-0.25, -0.2) is 0 Å². The van der Waals surface area contributed by atoms with Gasteiger partial charge in [0.25, 0.3) is 5.91 Å². The van der Waals surface area contributed by atoms with Gasteiger partial charge in [-0.15, -0.1) is 0 Å². The van der Waals surface area contributed by atoms with Gasteiger partial charge in [0.15, 0.2) is 0 Å². The van der Waals surface area contributed by atoms with Crippen molar-refractivity contribution in [3.05, 3.63) is 89.2 Å². The normalized spacial score (nSPS) is 11.9. The van der Waals surface area contributed by atoms with Crippen molar-refractivity contribution in [2.45, 2.75) is 19.6 Å². The van der Waals surface area contributed by atoms with Crippen molar-refractivity contribution in [2.24, 2.45) is 7.05 Å². The Kier molecular flexibility index (Phi) is 5.81. The van der Waals surface area contributed by atoms with Crippen molar-refractivity contribution in [3.63, 3.8) is 0 Å². The number of nitrogens with zero attached hydrogens (tertiary/aromatic N) is 2. The van der Waals surface area contributed by atoms with Crippen LogP contribution in [-0.2, 0) is 18.4 Å². The summed E-state index contributed by atoms with van der Waals surface area (Å²) in [4.78, 5) is 12.7. The standard InChI is InChI=1S/C21H23N3O2/c1-16-19(13-22-24(16)2)21(25)23-20(18-11-7-4-8-12-18)15-26-14-17-9-5-3-6-10-17/h3-13,20H,14-15H2,1-2H3,(H,23,25)/t20-/m1/s1. The van der Waals surface area contributed by atoms with Crippen LogP contribution >= 0.6 is 0 Å². The molecule has 0 aliphatic heterocycles. The molecule has 0 aliphatic rings. The second-order valence-corrected chi connectivity index (χ2v) is 6.20. The molecule has 134 valence electrons. The fourth-order valence-electron chi connectivity index (χ4n) is 2.73. The quantitative estimate of drug-likeness (QED) is 0.711. The van der Waals surface area contributed by atoms with E-state index >= 15 is 0 Å². The number of rotatable bonds is 7. The Bertz CT molecular complexity index is 844. The minimum absolute atomic E-state index is 0.146. The first-order valence-electron chi connectivity index (χ1n) is 8.61. The van der Waals surface area contributed by atoms with E-state index in [0.29, 0.717) is 18.8 Å². The molecule has 1 heterocycles. The summed E-state index contributed by atoms with van der Waals surface area (Å²) in [7, 11) is 1.82. The van der Waals surface area contributed by atoms with Crippen molar-refractivity contribution in [3.8, 4) is 0 Å². The van der Waals surface area contributed by atoms with E-state index in [2.05, 4.69) is 10.4 Å². The van der Waals surface area contributed by atoms with Crippen LogP contribution < -0.4 is 5.32 Å². The van der Waals surface area contributed by atoms with Gasteiger partial charge in [0.2, 0.25) is 0 Å². The van der Waals surface area contributed by atoms with Crippen molar-refractivity contribution in [2.75, 3.05) is 6.61 Å². The maximum Gasteiger partial charge on any atom is 0.255 e. The van der Waals surface area contributed by atoms with Crippen LogP contribution in [0.3, 0.4) is 0 Å². The zero-order valence-electron chi connectivity index (χ0n) is 15.1. The number of aryl methyl sites for hydroxylation is 1. The molecule has 5 nitrogen and oxygen atoms in total. The second-order valence-electron chi connectivity index (χ2n) is 6.20. The number of ether oxygens (including phenoxy) is 1. The van der Waals surface area contributed by atoms with Gasteiger partial charge in [-0.2, -0.15) is 5.10 Å². The average Bonchev–Trinajstić information content (AvgIpc) is 3.01. The van der Waals surface area contributed by atoms with Crippen LogP contribution in [0.25, 0.3) is 0 Å².